The summed E-state index contributed by atoms with van der Waals surface area (Å²) in [5.41, 5.74) is 13.2. The zero-order chi connectivity index (χ0) is 15.5. The number of para-hydroxylation sites is 1. The lowest BCUT2D eigenvalue weighted by Crippen LogP contribution is -2.40. The first-order chi connectivity index (χ1) is 9.87. The molecule has 1 aromatic heterocycles. The van der Waals surface area contributed by atoms with Gasteiger partial charge in [0.15, 0.2) is 11.6 Å². The van der Waals surface area contributed by atoms with Crippen molar-refractivity contribution in [2.75, 3.05) is 16.5 Å². The van der Waals surface area contributed by atoms with Gasteiger partial charge in [0.25, 0.3) is 0 Å². The lowest BCUT2D eigenvalue weighted by atomic mass is 10.1. The highest BCUT2D eigenvalue weighted by Crippen LogP contribution is 2.29. The number of benzene rings is 1. The molecule has 2 aromatic rings. The van der Waals surface area contributed by atoms with Crippen LogP contribution in [0.25, 0.3) is 0 Å². The van der Waals surface area contributed by atoms with Gasteiger partial charge in [-0.25, -0.2) is 15.4 Å². The molecule has 0 unspecified atom stereocenters. The maximum Gasteiger partial charge on any atom is 0.169 e. The summed E-state index contributed by atoms with van der Waals surface area (Å²) in [6, 6.07) is 7.38. The van der Waals surface area contributed by atoms with Crippen molar-refractivity contribution in [3.8, 4) is 0 Å². The number of hydrogen-bond acceptors (Lipinski definition) is 6. The third-order valence-electron chi connectivity index (χ3n) is 2.57. The molecule has 7 heteroatoms. The largest absolute Gasteiger partial charge is 0.393 e. The van der Waals surface area contributed by atoms with Gasteiger partial charge in [0.1, 0.15) is 12.0 Å². The Morgan fingerprint density at radius 1 is 1.10 bits per heavy atom. The van der Waals surface area contributed by atoms with E-state index in [9.17, 15) is 0 Å². The van der Waals surface area contributed by atoms with E-state index in [1.165, 1.54) is 6.33 Å². The van der Waals surface area contributed by atoms with Gasteiger partial charge in [0.2, 0.25) is 0 Å². The average Bonchev–Trinajstić information content (AvgIpc) is 2.41. The minimum Gasteiger partial charge on any atom is -0.393 e. The summed E-state index contributed by atoms with van der Waals surface area (Å²) in [7, 11) is 0. The summed E-state index contributed by atoms with van der Waals surface area (Å²) in [5.74, 6) is 1.01. The van der Waals surface area contributed by atoms with Crippen molar-refractivity contribution in [3.63, 3.8) is 0 Å². The van der Waals surface area contributed by atoms with Gasteiger partial charge in [0, 0.05) is 5.54 Å². The summed E-state index contributed by atoms with van der Waals surface area (Å²) in [6.07, 6.45) is 1.43. The van der Waals surface area contributed by atoms with Crippen LogP contribution < -0.4 is 21.9 Å². The van der Waals surface area contributed by atoms with Crippen LogP contribution >= 0.6 is 11.6 Å². The van der Waals surface area contributed by atoms with Gasteiger partial charge in [-0.15, -0.1) is 0 Å². The fourth-order valence-corrected chi connectivity index (χ4v) is 1.71. The van der Waals surface area contributed by atoms with E-state index in [-0.39, 0.29) is 5.54 Å². The average molecular weight is 307 g/mol. The molecule has 1 heterocycles. The highest BCUT2D eigenvalue weighted by molar-refractivity contribution is 6.33. The molecule has 0 atom stereocenters. The van der Waals surface area contributed by atoms with E-state index in [0.717, 1.165) is 5.69 Å². The Morgan fingerprint density at radius 3 is 2.43 bits per heavy atom. The highest BCUT2D eigenvalue weighted by atomic mass is 35.5. The van der Waals surface area contributed by atoms with Crippen molar-refractivity contribution in [3.05, 3.63) is 35.6 Å². The molecule has 1 aromatic carbocycles. The Hall–Kier alpha value is -2.05. The fourth-order valence-electron chi connectivity index (χ4n) is 1.53. The van der Waals surface area contributed by atoms with Crippen LogP contribution in [0.1, 0.15) is 20.8 Å². The van der Waals surface area contributed by atoms with Gasteiger partial charge in [-0.3, -0.25) is 0 Å². The quantitative estimate of drug-likeness (QED) is 0.649. The van der Waals surface area contributed by atoms with E-state index < -0.39 is 0 Å². The van der Waals surface area contributed by atoms with E-state index >= 15 is 0 Å². The molecule has 2 rings (SSSR count). The minimum atomic E-state index is -0.117. The summed E-state index contributed by atoms with van der Waals surface area (Å²) < 4.78 is 0. The highest BCUT2D eigenvalue weighted by Gasteiger charge is 2.13. The molecule has 6 nitrogen and oxygen atoms in total. The second-order valence-electron chi connectivity index (χ2n) is 5.59. The Kier molecular flexibility index (Phi) is 4.50. The van der Waals surface area contributed by atoms with Crippen LogP contribution in [0.3, 0.4) is 0 Å². The zero-order valence-corrected chi connectivity index (χ0v) is 13.0. The number of nitrogens with one attached hydrogen (secondary N) is 3. The Morgan fingerprint density at radius 2 is 1.76 bits per heavy atom. The molecule has 0 amide bonds. The predicted molar refractivity (Wildman–Crippen MR) is 87.7 cm³/mol. The molecule has 0 saturated carbocycles. The molecule has 0 radical (unpaired) electrons. The maximum absolute atomic E-state index is 6.11. The number of nitrogen functional groups attached to an aromatic ring is 1. The van der Waals surface area contributed by atoms with Gasteiger partial charge in [0.05, 0.1) is 10.7 Å². The first kappa shape index (κ1) is 15.3. The third kappa shape index (κ3) is 4.21. The van der Waals surface area contributed by atoms with E-state index in [1.54, 1.807) is 6.07 Å². The summed E-state index contributed by atoms with van der Waals surface area (Å²) in [4.78, 5) is 8.27. The summed E-state index contributed by atoms with van der Waals surface area (Å²) >= 11 is 6.11. The van der Waals surface area contributed by atoms with Crippen LogP contribution in [-0.2, 0) is 0 Å². The number of hydrogen-bond donors (Lipinski definition) is 4. The van der Waals surface area contributed by atoms with Gasteiger partial charge in [-0.1, -0.05) is 23.7 Å². The van der Waals surface area contributed by atoms with Crippen LogP contribution in [0.5, 0.6) is 0 Å². The lowest BCUT2D eigenvalue weighted by Gasteiger charge is -2.22. The predicted octanol–water partition coefficient (Wildman–Crippen LogP) is 3.17. The van der Waals surface area contributed by atoms with Crippen LogP contribution in [-0.4, -0.2) is 15.5 Å². The molecular weight excluding hydrogens is 288 g/mol. The topological polar surface area (TPSA) is 87.9 Å². The number of halogens is 1. The van der Waals surface area contributed by atoms with Crippen LogP contribution in [0, 0.1) is 0 Å². The normalized spacial score (nSPS) is 11.2. The number of rotatable bonds is 4. The molecule has 112 valence electrons. The number of hydrazine groups is 1. The smallest absolute Gasteiger partial charge is 0.169 e. The molecule has 0 aliphatic heterocycles. The van der Waals surface area contributed by atoms with Crippen LogP contribution in [0.2, 0.25) is 5.02 Å². The van der Waals surface area contributed by atoms with Crippen LogP contribution in [0.15, 0.2) is 30.6 Å². The lowest BCUT2D eigenvalue weighted by molar-refractivity contribution is 0.464. The summed E-state index contributed by atoms with van der Waals surface area (Å²) in [6.45, 7) is 6.08. The van der Waals surface area contributed by atoms with Crippen molar-refractivity contribution in [1.82, 2.24) is 15.4 Å². The minimum absolute atomic E-state index is 0.117. The molecule has 5 N–H and O–H groups in total. The van der Waals surface area contributed by atoms with Gasteiger partial charge < -0.3 is 16.5 Å². The number of aromatic nitrogens is 2. The van der Waals surface area contributed by atoms with Gasteiger partial charge >= 0.3 is 0 Å². The van der Waals surface area contributed by atoms with E-state index in [4.69, 9.17) is 17.3 Å². The maximum atomic E-state index is 6.11. The molecule has 0 bridgehead atoms. The second-order valence-corrected chi connectivity index (χ2v) is 6.00. The standard InChI is InChI=1S/C14H19ClN6/c1-14(2,3)21-20-13-11(16)12(17-8-18-13)19-10-7-5-4-6-9(10)15/h4-8,21H,16H2,1-3H3,(H2,17,18,19,20). The first-order valence-corrected chi connectivity index (χ1v) is 6.90. The van der Waals surface area contributed by atoms with E-state index in [2.05, 4.69) is 26.1 Å². The summed E-state index contributed by atoms with van der Waals surface area (Å²) in [5, 5.41) is 3.70. The number of nitrogens with two attached hydrogens (primary N) is 1. The van der Waals surface area contributed by atoms with Crippen molar-refractivity contribution >= 4 is 34.6 Å². The van der Waals surface area contributed by atoms with E-state index in [1.807, 2.05) is 39.0 Å². The fraction of sp³-hybridized carbons (Fsp3) is 0.286. The van der Waals surface area contributed by atoms with Crippen molar-refractivity contribution in [1.29, 1.82) is 0 Å². The van der Waals surface area contributed by atoms with Gasteiger partial charge in [-0.05, 0) is 32.9 Å². The zero-order valence-electron chi connectivity index (χ0n) is 12.2. The monoisotopic (exact) mass is 306 g/mol. The molecule has 0 aliphatic rings. The Balaban J connectivity index is 2.20. The Labute approximate surface area is 129 Å². The molecule has 0 saturated heterocycles. The Bertz CT molecular complexity index is 623. The van der Waals surface area contributed by atoms with Crippen molar-refractivity contribution < 1.29 is 0 Å². The van der Waals surface area contributed by atoms with Gasteiger partial charge in [-0.2, -0.15) is 0 Å². The SMILES string of the molecule is CC(C)(C)NNc1ncnc(Nc2ccccc2Cl)c1N. The van der Waals surface area contributed by atoms with Crippen molar-refractivity contribution in [2.24, 2.45) is 0 Å². The molecule has 0 fully saturated rings. The third-order valence-corrected chi connectivity index (χ3v) is 2.90. The van der Waals surface area contributed by atoms with E-state index in [0.29, 0.717) is 22.3 Å². The first-order valence-electron chi connectivity index (χ1n) is 6.52. The van der Waals surface area contributed by atoms with Crippen LogP contribution in [0.4, 0.5) is 23.0 Å². The number of nitrogens with zero attached hydrogens (tertiary/aromatic N) is 2. The second kappa shape index (κ2) is 6.15. The number of anilines is 4. The molecule has 0 spiro atoms. The molecular formula is C14H19ClN6. The molecule has 21 heavy (non-hydrogen) atoms. The van der Waals surface area contributed by atoms with Crippen molar-refractivity contribution in [2.45, 2.75) is 26.3 Å². The molecule has 0 aliphatic carbocycles.